The van der Waals surface area contributed by atoms with Crippen LogP contribution < -0.4 is 4.74 Å². The Balaban J connectivity index is 2.15. The minimum Gasteiger partial charge on any atom is -0.494 e. The summed E-state index contributed by atoms with van der Waals surface area (Å²) >= 11 is 0. The van der Waals surface area contributed by atoms with Gasteiger partial charge >= 0.3 is 0 Å². The average molecular weight is 298 g/mol. The molecule has 0 bridgehead atoms. The number of fused-ring (bicyclic) bond motifs is 1. The third kappa shape index (κ3) is 2.45. The zero-order valence-corrected chi connectivity index (χ0v) is 13.2. The molecule has 0 radical (unpaired) electrons. The van der Waals surface area contributed by atoms with Crippen molar-refractivity contribution in [3.63, 3.8) is 0 Å². The first-order valence-corrected chi connectivity index (χ1v) is 7.22. The lowest BCUT2D eigenvalue weighted by molar-refractivity contribution is 0.386. The Morgan fingerprint density at radius 3 is 2.59 bits per heavy atom. The third-order valence-electron chi connectivity index (χ3n) is 3.74. The lowest BCUT2D eigenvalue weighted by Gasteiger charge is -2.19. The first-order chi connectivity index (χ1) is 10.4. The number of hydrogen-bond acceptors (Lipinski definition) is 2. The van der Waals surface area contributed by atoms with Crippen LogP contribution in [-0.4, -0.2) is 16.5 Å². The summed E-state index contributed by atoms with van der Waals surface area (Å²) in [4.78, 5) is 4.70. The molecule has 0 amide bonds. The number of halogens is 1. The van der Waals surface area contributed by atoms with E-state index in [1.165, 1.54) is 13.2 Å². The van der Waals surface area contributed by atoms with Crippen molar-refractivity contribution in [2.75, 3.05) is 7.11 Å². The van der Waals surface area contributed by atoms with Crippen molar-refractivity contribution in [1.29, 1.82) is 0 Å². The molecule has 3 rings (SSSR count). The van der Waals surface area contributed by atoms with Crippen LogP contribution in [0.2, 0.25) is 0 Å². The van der Waals surface area contributed by atoms with Gasteiger partial charge in [-0.2, -0.15) is 0 Å². The maximum Gasteiger partial charge on any atom is 0.165 e. The number of aromatic nitrogens is 2. The number of imidazole rings is 1. The summed E-state index contributed by atoms with van der Waals surface area (Å²) in [6.07, 6.45) is 3.88. The van der Waals surface area contributed by atoms with Crippen molar-refractivity contribution < 1.29 is 9.13 Å². The van der Waals surface area contributed by atoms with E-state index in [-0.39, 0.29) is 17.0 Å². The van der Waals surface area contributed by atoms with Gasteiger partial charge in [-0.3, -0.25) is 0 Å². The monoisotopic (exact) mass is 298 g/mol. The minimum absolute atomic E-state index is 0.00368. The molecule has 0 saturated carbocycles. The Morgan fingerprint density at radius 2 is 1.95 bits per heavy atom. The maximum absolute atomic E-state index is 13.9. The fraction of sp³-hybridized carbons (Fsp3) is 0.278. The molecular formula is C18H19FN2O. The zero-order valence-electron chi connectivity index (χ0n) is 13.2. The molecule has 3 nitrogen and oxygen atoms in total. The van der Waals surface area contributed by atoms with Gasteiger partial charge in [0.05, 0.1) is 12.8 Å². The number of rotatable bonds is 2. The predicted molar refractivity (Wildman–Crippen MR) is 85.8 cm³/mol. The largest absolute Gasteiger partial charge is 0.494 e. The Bertz CT molecular complexity index is 831. The topological polar surface area (TPSA) is 26.5 Å². The van der Waals surface area contributed by atoms with Crippen LogP contribution in [0.4, 0.5) is 4.39 Å². The summed E-state index contributed by atoms with van der Waals surface area (Å²) in [5, 5.41) is 0. The van der Waals surface area contributed by atoms with E-state index in [4.69, 9.17) is 9.72 Å². The van der Waals surface area contributed by atoms with E-state index in [9.17, 15) is 4.39 Å². The van der Waals surface area contributed by atoms with Crippen LogP contribution in [0.5, 0.6) is 5.75 Å². The second kappa shape index (κ2) is 5.13. The molecular weight excluding hydrogens is 279 g/mol. The minimum atomic E-state index is -0.381. The van der Waals surface area contributed by atoms with Crippen LogP contribution >= 0.6 is 0 Å². The van der Waals surface area contributed by atoms with Crippen molar-refractivity contribution >= 4 is 5.65 Å². The number of nitrogens with zero attached hydrogens (tertiary/aromatic N) is 2. The number of hydrogen-bond donors (Lipinski definition) is 0. The van der Waals surface area contributed by atoms with Gasteiger partial charge in [-0.1, -0.05) is 26.8 Å². The molecule has 0 aliphatic rings. The Hall–Kier alpha value is -2.36. The summed E-state index contributed by atoms with van der Waals surface area (Å²) in [6, 6.07) is 8.99. The molecule has 0 aliphatic heterocycles. The van der Waals surface area contributed by atoms with Gasteiger partial charge in [-0.05, 0) is 29.7 Å². The van der Waals surface area contributed by atoms with Gasteiger partial charge in [0.25, 0.3) is 0 Å². The van der Waals surface area contributed by atoms with E-state index >= 15 is 0 Å². The molecule has 0 N–H and O–H groups in total. The number of pyridine rings is 1. The van der Waals surface area contributed by atoms with Gasteiger partial charge in [0.1, 0.15) is 5.65 Å². The highest BCUT2D eigenvalue weighted by Crippen LogP contribution is 2.29. The van der Waals surface area contributed by atoms with Crippen molar-refractivity contribution in [3.05, 3.63) is 54.1 Å². The molecule has 0 unspecified atom stereocenters. The Labute approximate surface area is 129 Å². The van der Waals surface area contributed by atoms with Crippen LogP contribution in [0.1, 0.15) is 26.3 Å². The fourth-order valence-corrected chi connectivity index (χ4v) is 2.56. The summed E-state index contributed by atoms with van der Waals surface area (Å²) in [5.41, 5.74) is 3.55. The van der Waals surface area contributed by atoms with Crippen LogP contribution in [0.3, 0.4) is 0 Å². The molecule has 0 saturated heterocycles. The first-order valence-electron chi connectivity index (χ1n) is 7.22. The normalized spacial score (nSPS) is 11.9. The molecule has 1 aromatic carbocycles. The summed E-state index contributed by atoms with van der Waals surface area (Å²) in [6.45, 7) is 6.47. The van der Waals surface area contributed by atoms with Crippen LogP contribution in [-0.2, 0) is 5.41 Å². The molecule has 0 fully saturated rings. The molecule has 0 aliphatic carbocycles. The van der Waals surface area contributed by atoms with Crippen LogP contribution in [0.25, 0.3) is 16.9 Å². The van der Waals surface area contributed by atoms with Crippen molar-refractivity contribution in [2.24, 2.45) is 0 Å². The summed E-state index contributed by atoms with van der Waals surface area (Å²) < 4.78 is 20.8. The number of ether oxygens (including phenoxy) is 1. The van der Waals surface area contributed by atoms with Crippen molar-refractivity contribution in [3.8, 4) is 17.0 Å². The third-order valence-corrected chi connectivity index (χ3v) is 3.74. The summed E-state index contributed by atoms with van der Waals surface area (Å²) in [7, 11) is 1.46. The number of benzene rings is 1. The predicted octanol–water partition coefficient (Wildman–Crippen LogP) is 4.45. The van der Waals surface area contributed by atoms with Gasteiger partial charge < -0.3 is 9.14 Å². The second-order valence-corrected chi connectivity index (χ2v) is 6.38. The van der Waals surface area contributed by atoms with Gasteiger partial charge in [0.15, 0.2) is 11.6 Å². The highest BCUT2D eigenvalue weighted by molar-refractivity contribution is 5.65. The lowest BCUT2D eigenvalue weighted by atomic mass is 9.88. The van der Waals surface area contributed by atoms with Gasteiger partial charge in [0, 0.05) is 23.5 Å². The van der Waals surface area contributed by atoms with Gasteiger partial charge in [-0.15, -0.1) is 0 Å². The molecule has 0 atom stereocenters. The molecule has 114 valence electrons. The van der Waals surface area contributed by atoms with Crippen molar-refractivity contribution in [1.82, 2.24) is 9.38 Å². The van der Waals surface area contributed by atoms with Crippen molar-refractivity contribution in [2.45, 2.75) is 26.2 Å². The Morgan fingerprint density at radius 1 is 1.18 bits per heavy atom. The van der Waals surface area contributed by atoms with E-state index < -0.39 is 0 Å². The first kappa shape index (κ1) is 14.6. The molecule has 22 heavy (non-hydrogen) atoms. The van der Waals surface area contributed by atoms with Gasteiger partial charge in [0.2, 0.25) is 0 Å². The quantitative estimate of drug-likeness (QED) is 0.699. The number of methoxy groups -OCH3 is 1. The van der Waals surface area contributed by atoms with Gasteiger partial charge in [-0.25, -0.2) is 9.37 Å². The SMILES string of the molecule is COc1ccc(-c2cn3cccc(C(C)(C)C)c3n2)cc1F. The van der Waals surface area contributed by atoms with E-state index in [0.29, 0.717) is 0 Å². The summed E-state index contributed by atoms with van der Waals surface area (Å²) in [5.74, 6) is -0.143. The molecule has 4 heteroatoms. The standard InChI is InChI=1S/C18H19FN2O/c1-18(2,3)13-6-5-9-21-11-15(20-17(13)21)12-7-8-16(22-4)14(19)10-12/h5-11H,1-4H3. The fourth-order valence-electron chi connectivity index (χ4n) is 2.56. The molecule has 3 aromatic rings. The maximum atomic E-state index is 13.9. The molecule has 2 aromatic heterocycles. The van der Waals surface area contributed by atoms with E-state index in [1.807, 2.05) is 28.9 Å². The average Bonchev–Trinajstić information content (AvgIpc) is 2.89. The smallest absolute Gasteiger partial charge is 0.165 e. The van der Waals surface area contributed by atoms with E-state index in [0.717, 1.165) is 22.5 Å². The van der Waals surface area contributed by atoms with Crippen LogP contribution in [0.15, 0.2) is 42.7 Å². The lowest BCUT2D eigenvalue weighted by Crippen LogP contribution is -2.12. The Kier molecular flexibility index (Phi) is 3.39. The molecule has 0 spiro atoms. The molecule has 2 heterocycles. The van der Waals surface area contributed by atoms with E-state index in [1.54, 1.807) is 6.07 Å². The zero-order chi connectivity index (χ0) is 15.9. The van der Waals surface area contributed by atoms with E-state index in [2.05, 4.69) is 26.8 Å². The van der Waals surface area contributed by atoms with Crippen LogP contribution in [0, 0.1) is 5.82 Å². The highest BCUT2D eigenvalue weighted by atomic mass is 19.1. The second-order valence-electron chi connectivity index (χ2n) is 6.38. The highest BCUT2D eigenvalue weighted by Gasteiger charge is 2.19.